The second-order valence-corrected chi connectivity index (χ2v) is 15.5. The Labute approximate surface area is 320 Å². The van der Waals surface area contributed by atoms with Gasteiger partial charge in [0, 0.05) is 25.9 Å². The predicted octanol–water partition coefficient (Wildman–Crippen LogP) is 10.3. The number of allylic oxidation sites excluding steroid dienone is 4. The number of hydrogen-bond donors (Lipinski definition) is 3. The molecule has 0 aliphatic heterocycles. The topological polar surface area (TPSA) is 147 Å². The molecule has 0 saturated carbocycles. The van der Waals surface area contributed by atoms with Crippen LogP contribution in [0, 0.1) is 0 Å². The predicted molar refractivity (Wildman–Crippen MR) is 219 cm³/mol. The Bertz CT molecular complexity index is 933. The monoisotopic (exact) mass is 759 g/mol. The summed E-state index contributed by atoms with van der Waals surface area (Å²) < 4.78 is 29.7. The lowest BCUT2D eigenvalue weighted by Crippen LogP contribution is -2.63. The maximum absolute atomic E-state index is 13.5. The van der Waals surface area contributed by atoms with E-state index in [1.807, 2.05) is 0 Å². The van der Waals surface area contributed by atoms with Gasteiger partial charge < -0.3 is 10.8 Å². The Morgan fingerprint density at radius 1 is 0.615 bits per heavy atom. The van der Waals surface area contributed by atoms with E-state index in [4.69, 9.17) is 10.3 Å². The van der Waals surface area contributed by atoms with Gasteiger partial charge in [0.15, 0.2) is 17.1 Å². The van der Waals surface area contributed by atoms with Crippen LogP contribution >= 0.6 is 0 Å². The molecule has 0 atom stereocenters. The van der Waals surface area contributed by atoms with Gasteiger partial charge in [-0.05, 0) is 71.3 Å². The van der Waals surface area contributed by atoms with Crippen molar-refractivity contribution in [3.05, 3.63) is 24.3 Å². The summed E-state index contributed by atoms with van der Waals surface area (Å²) in [6.45, 7) is 4.68. The molecule has 0 aromatic carbocycles. The average Bonchev–Trinajstić information content (AvgIpc) is 3.12. The summed E-state index contributed by atoms with van der Waals surface area (Å²) >= 11 is 0. The highest BCUT2D eigenvalue weighted by atomic mass is 32.3. The van der Waals surface area contributed by atoms with E-state index in [-0.39, 0.29) is 31.3 Å². The van der Waals surface area contributed by atoms with Crippen molar-refractivity contribution in [2.45, 2.75) is 199 Å². The van der Waals surface area contributed by atoms with Gasteiger partial charge in [0.2, 0.25) is 0 Å². The van der Waals surface area contributed by atoms with Crippen LogP contribution < -0.4 is 5.73 Å². The van der Waals surface area contributed by atoms with Gasteiger partial charge in [-0.25, -0.2) is 0 Å². The number of aliphatic hydroxyl groups excluding tert-OH is 1. The first-order valence-corrected chi connectivity index (χ1v) is 22.4. The highest BCUT2D eigenvalue weighted by molar-refractivity contribution is 7.80. The van der Waals surface area contributed by atoms with E-state index in [0.29, 0.717) is 12.8 Å². The minimum Gasteiger partial charge on any atom is -0.395 e. The molecule has 0 bridgehead atoms. The third kappa shape index (κ3) is 31.0. The van der Waals surface area contributed by atoms with Crippen LogP contribution in [0.5, 0.6) is 0 Å². The van der Waals surface area contributed by atoms with Crippen LogP contribution in [0.1, 0.15) is 194 Å². The third-order valence-corrected chi connectivity index (χ3v) is 10.3. The van der Waals surface area contributed by atoms with E-state index in [0.717, 1.165) is 58.5 Å². The van der Waals surface area contributed by atoms with Gasteiger partial charge in [-0.15, -0.1) is 0 Å². The first kappa shape index (κ1) is 52.7. The maximum Gasteiger partial charge on any atom is 0.397 e. The molecule has 0 heterocycles. The maximum atomic E-state index is 13.5. The van der Waals surface area contributed by atoms with Crippen LogP contribution in [0.4, 0.5) is 0 Å². The average molecular weight is 759 g/mol. The number of carbonyl (C=O) groups is 2. The molecule has 0 aliphatic rings. The van der Waals surface area contributed by atoms with E-state index < -0.39 is 15.9 Å². The zero-order chi connectivity index (χ0) is 39.2. The molecule has 9 nitrogen and oxygen atoms in total. The molecular weight excluding hydrogens is 677 g/mol. The van der Waals surface area contributed by atoms with Crippen molar-refractivity contribution in [1.29, 1.82) is 0 Å². The van der Waals surface area contributed by atoms with E-state index in [2.05, 4.69) is 42.3 Å². The lowest BCUT2D eigenvalue weighted by Gasteiger charge is -2.38. The first-order chi connectivity index (χ1) is 25.1. The van der Waals surface area contributed by atoms with Gasteiger partial charge >= 0.3 is 10.4 Å². The SMILES string of the molecule is CCCCCCCCC=CCCCCCCCC(=O)C(CN)(C(=O)CCCCCCCC=CCCCCCCCC)N(C)CCO.COS(=O)(=O)O. The zero-order valence-electron chi connectivity index (χ0n) is 34.1. The van der Waals surface area contributed by atoms with Crippen LogP contribution in [0.15, 0.2) is 24.3 Å². The van der Waals surface area contributed by atoms with Crippen LogP contribution in [-0.2, 0) is 24.2 Å². The lowest BCUT2D eigenvalue weighted by atomic mass is 9.82. The smallest absolute Gasteiger partial charge is 0.395 e. The van der Waals surface area contributed by atoms with Gasteiger partial charge in [-0.2, -0.15) is 8.42 Å². The van der Waals surface area contributed by atoms with Crippen molar-refractivity contribution in [3.8, 4) is 0 Å². The molecular formula is C42H82N2O7S. The minimum absolute atomic E-state index is 0.0166. The number of nitrogens with two attached hydrogens (primary N) is 1. The van der Waals surface area contributed by atoms with Gasteiger partial charge in [-0.3, -0.25) is 23.2 Å². The number of carbonyl (C=O) groups excluding carboxylic acids is 2. The Morgan fingerprint density at radius 2 is 0.904 bits per heavy atom. The van der Waals surface area contributed by atoms with Gasteiger partial charge in [0.1, 0.15) is 0 Å². The molecule has 0 aliphatic carbocycles. The first-order valence-electron chi connectivity index (χ1n) is 21.0. The fraction of sp³-hybridized carbons (Fsp3) is 0.857. The van der Waals surface area contributed by atoms with Crippen molar-refractivity contribution in [1.82, 2.24) is 4.90 Å². The Morgan fingerprint density at radius 3 is 1.17 bits per heavy atom. The van der Waals surface area contributed by atoms with E-state index in [9.17, 15) is 23.1 Å². The zero-order valence-corrected chi connectivity index (χ0v) is 34.9. The number of unbranched alkanes of at least 4 members (excludes halogenated alkanes) is 22. The highest BCUT2D eigenvalue weighted by Gasteiger charge is 2.46. The number of ketones is 2. The van der Waals surface area contributed by atoms with Gasteiger partial charge in [-0.1, -0.05) is 141 Å². The van der Waals surface area contributed by atoms with Crippen molar-refractivity contribution in [2.75, 3.05) is 33.9 Å². The number of aliphatic hydroxyl groups is 1. The van der Waals surface area contributed by atoms with Crippen molar-refractivity contribution >= 4 is 22.0 Å². The van der Waals surface area contributed by atoms with E-state index in [1.54, 1.807) is 11.9 Å². The fourth-order valence-corrected chi connectivity index (χ4v) is 6.43. The Kier molecular flexibility index (Phi) is 38.4. The minimum atomic E-state index is -4.16. The van der Waals surface area contributed by atoms with E-state index >= 15 is 0 Å². The summed E-state index contributed by atoms with van der Waals surface area (Å²) in [5.41, 5.74) is 4.87. The van der Waals surface area contributed by atoms with Crippen molar-refractivity contribution in [2.24, 2.45) is 5.73 Å². The van der Waals surface area contributed by atoms with Crippen molar-refractivity contribution in [3.63, 3.8) is 0 Å². The van der Waals surface area contributed by atoms with Crippen LogP contribution in [0.3, 0.4) is 0 Å². The summed E-state index contributed by atoms with van der Waals surface area (Å²) in [6, 6.07) is 0. The largest absolute Gasteiger partial charge is 0.397 e. The second kappa shape index (κ2) is 37.9. The molecule has 0 aromatic rings. The number of nitrogens with zero attached hydrogens (tertiary/aromatic N) is 1. The van der Waals surface area contributed by atoms with Crippen LogP contribution in [0.25, 0.3) is 0 Å². The fourth-order valence-electron chi connectivity index (χ4n) is 6.43. The second-order valence-electron chi connectivity index (χ2n) is 14.3. The molecule has 0 unspecified atom stereocenters. The summed E-state index contributed by atoms with van der Waals surface area (Å²) in [5, 5.41) is 9.58. The number of β-amino-alcohol motifs (C(OH)–C–C–N with tert-alkyl or cyclic N) is 1. The van der Waals surface area contributed by atoms with Gasteiger partial charge in [0.05, 0.1) is 13.7 Å². The number of rotatable bonds is 37. The molecule has 0 rings (SSSR count). The normalized spacial score (nSPS) is 13.2. The molecule has 0 radical (unpaired) electrons. The van der Waals surface area contributed by atoms with E-state index in [1.165, 1.54) is 116 Å². The standard InChI is InChI=1S/C41H78N2O3.CH4O4S/c1-4-6-8-10-12-14-16-18-20-22-24-26-28-30-32-34-39(45)41(38-42,43(3)36-37-44)40(46)35-33-31-29-27-25-23-21-19-17-15-13-11-9-7-5-2;1-5-6(2,3)4/h18-21,44H,4-17,22-38,42H2,1-3H3;1H3,(H,2,3,4). The summed E-state index contributed by atoms with van der Waals surface area (Å²) in [7, 11) is -1.53. The molecule has 0 amide bonds. The third-order valence-electron chi connectivity index (χ3n) is 9.85. The molecule has 0 fully saturated rings. The number of likely N-dealkylation sites (N-methyl/N-ethyl adjacent to an activating group) is 1. The molecule has 52 heavy (non-hydrogen) atoms. The summed E-state index contributed by atoms with van der Waals surface area (Å²) in [4.78, 5) is 28.7. The Balaban J connectivity index is 0. The Hall–Kier alpha value is -1.43. The number of Topliss-reactive ketones (excluding diaryl/α,β-unsaturated/α-hetero) is 2. The highest BCUT2D eigenvalue weighted by Crippen LogP contribution is 2.23. The molecule has 4 N–H and O–H groups in total. The van der Waals surface area contributed by atoms with Crippen molar-refractivity contribution < 1.29 is 31.8 Å². The van der Waals surface area contributed by atoms with Crippen LogP contribution in [0.2, 0.25) is 0 Å². The molecule has 10 heteroatoms. The summed E-state index contributed by atoms with van der Waals surface area (Å²) in [6.07, 6.45) is 41.6. The van der Waals surface area contributed by atoms with Crippen LogP contribution in [-0.4, -0.2) is 73.9 Å². The molecule has 308 valence electrons. The lowest BCUT2D eigenvalue weighted by molar-refractivity contribution is -0.143. The molecule has 0 saturated heterocycles. The number of hydrogen-bond acceptors (Lipinski definition) is 8. The molecule has 0 aromatic heterocycles. The molecule has 0 spiro atoms. The quantitative estimate of drug-likeness (QED) is 0.0244. The van der Waals surface area contributed by atoms with Gasteiger partial charge in [0.25, 0.3) is 0 Å². The summed E-state index contributed by atoms with van der Waals surface area (Å²) in [5.74, 6) is -0.136.